The van der Waals surface area contributed by atoms with Gasteiger partial charge in [0.15, 0.2) is 0 Å². The SMILES string of the molecule is O=C(NCC(=O)N1CCCCC1)C1CCN(S(=O)(=O)c2cccc3nsnc23)CC1. The van der Waals surface area contributed by atoms with E-state index in [1.807, 2.05) is 0 Å². The number of hydrogen-bond acceptors (Lipinski definition) is 7. The Morgan fingerprint density at radius 1 is 1.07 bits per heavy atom. The summed E-state index contributed by atoms with van der Waals surface area (Å²) in [7, 11) is -3.70. The minimum atomic E-state index is -3.70. The predicted octanol–water partition coefficient (Wildman–Crippen LogP) is 1.22. The van der Waals surface area contributed by atoms with E-state index in [1.54, 1.807) is 23.1 Å². The molecule has 0 atom stereocenters. The molecule has 2 saturated heterocycles. The van der Waals surface area contributed by atoms with Gasteiger partial charge in [-0.3, -0.25) is 9.59 Å². The molecule has 9 nitrogen and oxygen atoms in total. The zero-order valence-corrected chi connectivity index (χ0v) is 18.3. The Balaban J connectivity index is 1.32. The highest BCUT2D eigenvalue weighted by atomic mass is 32.2. The monoisotopic (exact) mass is 451 g/mol. The highest BCUT2D eigenvalue weighted by Crippen LogP contribution is 2.28. The lowest BCUT2D eigenvalue weighted by atomic mass is 9.97. The molecule has 0 aliphatic carbocycles. The molecule has 0 saturated carbocycles. The number of benzene rings is 1. The molecule has 1 aromatic carbocycles. The number of sulfonamides is 1. The van der Waals surface area contributed by atoms with Crippen LogP contribution in [0.5, 0.6) is 0 Å². The van der Waals surface area contributed by atoms with Crippen molar-refractivity contribution in [1.29, 1.82) is 0 Å². The van der Waals surface area contributed by atoms with Gasteiger partial charge >= 0.3 is 0 Å². The van der Waals surface area contributed by atoms with Gasteiger partial charge in [-0.15, -0.1) is 0 Å². The molecule has 2 aromatic rings. The van der Waals surface area contributed by atoms with Gasteiger partial charge in [0.25, 0.3) is 0 Å². The van der Waals surface area contributed by atoms with Gasteiger partial charge in [0.1, 0.15) is 15.9 Å². The third-order valence-electron chi connectivity index (χ3n) is 5.81. The van der Waals surface area contributed by atoms with E-state index in [2.05, 4.69) is 14.1 Å². The fraction of sp³-hybridized carbons (Fsp3) is 0.579. The standard InChI is InChI=1S/C19H25N5O4S2/c25-17(23-9-2-1-3-10-23)13-20-19(26)14-7-11-24(12-8-14)30(27,28)16-6-4-5-15-18(16)22-29-21-15/h4-6,14H,1-3,7-13H2,(H,20,26). The number of likely N-dealkylation sites (tertiary alicyclic amines) is 1. The third kappa shape index (κ3) is 4.33. The fourth-order valence-electron chi connectivity index (χ4n) is 4.05. The maximum Gasteiger partial charge on any atom is 0.245 e. The van der Waals surface area contributed by atoms with Crippen LogP contribution in [0.4, 0.5) is 0 Å². The molecule has 4 rings (SSSR count). The molecule has 2 aliphatic rings. The van der Waals surface area contributed by atoms with Crippen LogP contribution in [0.2, 0.25) is 0 Å². The average molecular weight is 452 g/mol. The second kappa shape index (κ2) is 8.94. The number of aromatic nitrogens is 2. The number of fused-ring (bicyclic) bond motifs is 1. The van der Waals surface area contributed by atoms with Crippen molar-refractivity contribution < 1.29 is 18.0 Å². The lowest BCUT2D eigenvalue weighted by Crippen LogP contribution is -2.46. The van der Waals surface area contributed by atoms with Gasteiger partial charge in [-0.2, -0.15) is 13.1 Å². The molecule has 3 heterocycles. The molecule has 2 aliphatic heterocycles. The van der Waals surface area contributed by atoms with Crippen LogP contribution in [0.3, 0.4) is 0 Å². The summed E-state index contributed by atoms with van der Waals surface area (Å²) in [4.78, 5) is 26.7. The summed E-state index contributed by atoms with van der Waals surface area (Å²) in [5, 5.41) is 2.74. The van der Waals surface area contributed by atoms with Crippen molar-refractivity contribution in [2.45, 2.75) is 37.0 Å². The third-order valence-corrected chi connectivity index (χ3v) is 8.29. The van der Waals surface area contributed by atoms with Crippen LogP contribution in [-0.2, 0) is 19.6 Å². The minimum Gasteiger partial charge on any atom is -0.347 e. The number of carbonyl (C=O) groups excluding carboxylic acids is 2. The molecule has 0 spiro atoms. The molecule has 11 heteroatoms. The summed E-state index contributed by atoms with van der Waals surface area (Å²) in [6, 6.07) is 4.94. The van der Waals surface area contributed by atoms with Crippen LogP contribution in [0.25, 0.3) is 11.0 Å². The van der Waals surface area contributed by atoms with Crippen LogP contribution < -0.4 is 5.32 Å². The lowest BCUT2D eigenvalue weighted by molar-refractivity contribution is -0.134. The number of nitrogens with one attached hydrogen (secondary N) is 1. The van der Waals surface area contributed by atoms with E-state index >= 15 is 0 Å². The molecule has 1 aromatic heterocycles. The first-order valence-electron chi connectivity index (χ1n) is 10.2. The van der Waals surface area contributed by atoms with Crippen molar-refractivity contribution in [3.63, 3.8) is 0 Å². The maximum absolute atomic E-state index is 13.1. The molecule has 0 radical (unpaired) electrons. The first kappa shape index (κ1) is 21.1. The Kier molecular flexibility index (Phi) is 6.30. The Hall–Kier alpha value is -2.11. The van der Waals surface area contributed by atoms with E-state index in [4.69, 9.17) is 0 Å². The van der Waals surface area contributed by atoms with E-state index < -0.39 is 10.0 Å². The first-order chi connectivity index (χ1) is 14.5. The highest BCUT2D eigenvalue weighted by Gasteiger charge is 2.33. The van der Waals surface area contributed by atoms with Gasteiger partial charge in [0.2, 0.25) is 21.8 Å². The second-order valence-corrected chi connectivity index (χ2v) is 10.2. The number of amides is 2. The minimum absolute atomic E-state index is 0.0101. The molecule has 1 N–H and O–H groups in total. The van der Waals surface area contributed by atoms with Gasteiger partial charge in [0, 0.05) is 32.1 Å². The second-order valence-electron chi connectivity index (χ2n) is 7.73. The Bertz CT molecular complexity index is 1020. The number of carbonyl (C=O) groups is 2. The van der Waals surface area contributed by atoms with Gasteiger partial charge in [0.05, 0.1) is 18.3 Å². The molecular weight excluding hydrogens is 426 g/mol. The summed E-state index contributed by atoms with van der Waals surface area (Å²) >= 11 is 0.985. The highest BCUT2D eigenvalue weighted by molar-refractivity contribution is 7.89. The molecule has 162 valence electrons. The molecule has 0 unspecified atom stereocenters. The quantitative estimate of drug-likeness (QED) is 0.731. The van der Waals surface area contributed by atoms with Gasteiger partial charge in [-0.1, -0.05) is 6.07 Å². The van der Waals surface area contributed by atoms with Crippen LogP contribution >= 0.6 is 11.7 Å². The average Bonchev–Trinajstić information content (AvgIpc) is 3.26. The first-order valence-corrected chi connectivity index (χ1v) is 12.4. The smallest absolute Gasteiger partial charge is 0.245 e. The van der Waals surface area contributed by atoms with Crippen molar-refractivity contribution in [2.24, 2.45) is 5.92 Å². The zero-order valence-electron chi connectivity index (χ0n) is 16.6. The van der Waals surface area contributed by atoms with Crippen LogP contribution in [-0.4, -0.2) is 70.9 Å². The summed E-state index contributed by atoms with van der Waals surface area (Å²) in [5.74, 6) is -0.515. The zero-order chi connectivity index (χ0) is 21.1. The van der Waals surface area contributed by atoms with Gasteiger partial charge < -0.3 is 10.2 Å². The number of hydrogen-bond donors (Lipinski definition) is 1. The Labute approximate surface area is 179 Å². The van der Waals surface area contributed by atoms with E-state index in [0.29, 0.717) is 23.9 Å². The summed E-state index contributed by atoms with van der Waals surface area (Å²) in [6.07, 6.45) is 4.02. The maximum atomic E-state index is 13.1. The summed E-state index contributed by atoms with van der Waals surface area (Å²) in [5.41, 5.74) is 0.951. The molecule has 2 fully saturated rings. The summed E-state index contributed by atoms with van der Waals surface area (Å²) < 4.78 is 35.8. The van der Waals surface area contributed by atoms with E-state index in [1.165, 1.54) is 4.31 Å². The largest absolute Gasteiger partial charge is 0.347 e. The van der Waals surface area contributed by atoms with Crippen molar-refractivity contribution in [3.05, 3.63) is 18.2 Å². The fourth-order valence-corrected chi connectivity index (χ4v) is 6.27. The van der Waals surface area contributed by atoms with Crippen molar-refractivity contribution in [2.75, 3.05) is 32.7 Å². The van der Waals surface area contributed by atoms with Crippen molar-refractivity contribution in [1.82, 2.24) is 23.3 Å². The predicted molar refractivity (Wildman–Crippen MR) is 112 cm³/mol. The Morgan fingerprint density at radius 3 is 2.53 bits per heavy atom. The van der Waals surface area contributed by atoms with Gasteiger partial charge in [-0.25, -0.2) is 8.42 Å². The van der Waals surface area contributed by atoms with Gasteiger partial charge in [-0.05, 0) is 44.2 Å². The van der Waals surface area contributed by atoms with Crippen molar-refractivity contribution >= 4 is 44.6 Å². The van der Waals surface area contributed by atoms with E-state index in [0.717, 1.165) is 44.1 Å². The number of nitrogens with zero attached hydrogens (tertiary/aromatic N) is 4. The van der Waals surface area contributed by atoms with E-state index in [9.17, 15) is 18.0 Å². The van der Waals surface area contributed by atoms with Crippen LogP contribution in [0.15, 0.2) is 23.1 Å². The lowest BCUT2D eigenvalue weighted by Gasteiger charge is -2.31. The molecule has 2 amide bonds. The number of piperidine rings is 2. The van der Waals surface area contributed by atoms with E-state index in [-0.39, 0.29) is 42.3 Å². The topological polar surface area (TPSA) is 113 Å². The molecular formula is C19H25N5O4S2. The van der Waals surface area contributed by atoms with Crippen LogP contribution in [0, 0.1) is 5.92 Å². The molecule has 0 bridgehead atoms. The summed E-state index contributed by atoms with van der Waals surface area (Å²) in [6.45, 7) is 2.04. The van der Waals surface area contributed by atoms with Crippen molar-refractivity contribution in [3.8, 4) is 0 Å². The number of rotatable bonds is 5. The van der Waals surface area contributed by atoms with Crippen LogP contribution in [0.1, 0.15) is 32.1 Å². The normalized spacial score (nSPS) is 19.1. The molecule has 30 heavy (non-hydrogen) atoms. The Morgan fingerprint density at radius 2 is 1.80 bits per heavy atom.